The van der Waals surface area contributed by atoms with E-state index in [2.05, 4.69) is 10.6 Å². The summed E-state index contributed by atoms with van der Waals surface area (Å²) in [7, 11) is 0. The van der Waals surface area contributed by atoms with Crippen LogP contribution in [-0.4, -0.2) is 44.1 Å². The zero-order valence-corrected chi connectivity index (χ0v) is 15.9. The predicted molar refractivity (Wildman–Crippen MR) is 101 cm³/mol. The lowest BCUT2D eigenvalue weighted by atomic mass is 9.73. The topological polar surface area (TPSA) is 42.5 Å². The molecule has 2 aliphatic rings. The first-order valence-electron chi connectivity index (χ1n) is 9.28. The van der Waals surface area contributed by atoms with E-state index in [1.807, 2.05) is 0 Å². The average Bonchev–Trinajstić information content (AvgIpc) is 3.18. The van der Waals surface area contributed by atoms with Crippen LogP contribution in [0.1, 0.15) is 36.8 Å². The molecule has 0 spiro atoms. The molecule has 2 saturated heterocycles. The Hall–Kier alpha value is -1.38. The highest BCUT2D eigenvalue weighted by Gasteiger charge is 2.37. The summed E-state index contributed by atoms with van der Waals surface area (Å²) in [6.45, 7) is 2.94. The molecule has 8 heteroatoms. The number of benzene rings is 1. The maximum atomic E-state index is 13.1. The average molecular weight is 402 g/mol. The summed E-state index contributed by atoms with van der Waals surface area (Å²) in [5, 5.41) is 6.86. The number of thiocarbonyl (C=S) groups is 1. The number of nitrogens with one attached hydrogen (secondary N) is 2. The van der Waals surface area contributed by atoms with Crippen molar-refractivity contribution in [1.82, 2.24) is 10.6 Å². The predicted octanol–water partition coefficient (Wildman–Crippen LogP) is 3.40. The third-order valence-electron chi connectivity index (χ3n) is 5.35. The van der Waals surface area contributed by atoms with Gasteiger partial charge in [-0.3, -0.25) is 0 Å². The van der Waals surface area contributed by atoms with Crippen LogP contribution in [-0.2, 0) is 21.1 Å². The smallest absolute Gasteiger partial charge is 0.381 e. The van der Waals surface area contributed by atoms with Gasteiger partial charge in [0, 0.05) is 38.3 Å². The fourth-order valence-corrected chi connectivity index (χ4v) is 3.83. The van der Waals surface area contributed by atoms with Crippen LogP contribution < -0.4 is 10.6 Å². The van der Waals surface area contributed by atoms with Crippen molar-refractivity contribution < 1.29 is 22.6 Å². The highest BCUT2D eigenvalue weighted by molar-refractivity contribution is 7.80. The highest BCUT2D eigenvalue weighted by Crippen LogP contribution is 2.37. The van der Waals surface area contributed by atoms with Gasteiger partial charge in [0.2, 0.25) is 0 Å². The zero-order valence-electron chi connectivity index (χ0n) is 15.1. The minimum absolute atomic E-state index is 0.172. The number of halogens is 3. The first-order valence-corrected chi connectivity index (χ1v) is 9.69. The van der Waals surface area contributed by atoms with Crippen LogP contribution >= 0.6 is 12.2 Å². The quantitative estimate of drug-likeness (QED) is 0.739. The number of rotatable bonds is 5. The molecule has 1 aromatic carbocycles. The third kappa shape index (κ3) is 5.33. The summed E-state index contributed by atoms with van der Waals surface area (Å²) in [4.78, 5) is 0. The Balaban J connectivity index is 1.66. The summed E-state index contributed by atoms with van der Waals surface area (Å²) >= 11 is 5.35. The van der Waals surface area contributed by atoms with E-state index in [9.17, 15) is 13.2 Å². The summed E-state index contributed by atoms with van der Waals surface area (Å²) in [5.74, 6) is 0. The minimum atomic E-state index is -4.35. The fraction of sp³-hybridized carbons (Fsp3) is 0.632. The lowest BCUT2D eigenvalue weighted by Gasteiger charge is -2.38. The van der Waals surface area contributed by atoms with Crippen LogP contribution in [0.15, 0.2) is 24.3 Å². The molecule has 2 heterocycles. The van der Waals surface area contributed by atoms with Gasteiger partial charge >= 0.3 is 6.18 Å². The molecule has 0 radical (unpaired) electrons. The number of hydrogen-bond acceptors (Lipinski definition) is 3. The Morgan fingerprint density at radius 3 is 2.63 bits per heavy atom. The summed E-state index contributed by atoms with van der Waals surface area (Å²) in [5.41, 5.74) is -0.380. The standard InChI is InChI=1S/C19H25F3N2O2S/c20-19(21,22)15-4-1-3-14(11-15)18(6-9-25-10-7-18)13-24-17(27)23-12-16-5-2-8-26-16/h1,3-4,11,16H,2,5-10,12-13H2,(H2,23,24,27)/t16-/m0/s1. The number of ether oxygens (including phenoxy) is 2. The van der Waals surface area contributed by atoms with E-state index in [1.54, 1.807) is 6.07 Å². The molecule has 2 aliphatic heterocycles. The van der Waals surface area contributed by atoms with E-state index in [4.69, 9.17) is 21.7 Å². The van der Waals surface area contributed by atoms with Crippen molar-refractivity contribution in [2.24, 2.45) is 0 Å². The fourth-order valence-electron chi connectivity index (χ4n) is 3.68. The van der Waals surface area contributed by atoms with Gasteiger partial charge in [0.1, 0.15) is 0 Å². The largest absolute Gasteiger partial charge is 0.416 e. The Labute approximate surface area is 162 Å². The van der Waals surface area contributed by atoms with Crippen molar-refractivity contribution in [2.75, 3.05) is 32.9 Å². The van der Waals surface area contributed by atoms with Crippen molar-refractivity contribution in [2.45, 2.75) is 43.4 Å². The van der Waals surface area contributed by atoms with E-state index in [0.717, 1.165) is 25.5 Å². The number of hydrogen-bond donors (Lipinski definition) is 2. The first kappa shape index (κ1) is 20.4. The third-order valence-corrected chi connectivity index (χ3v) is 5.64. The van der Waals surface area contributed by atoms with Crippen molar-refractivity contribution in [3.63, 3.8) is 0 Å². The summed E-state index contributed by atoms with van der Waals surface area (Å²) in [6, 6.07) is 5.61. The van der Waals surface area contributed by atoms with Gasteiger partial charge < -0.3 is 20.1 Å². The summed E-state index contributed by atoms with van der Waals surface area (Å²) < 4.78 is 50.4. The van der Waals surface area contributed by atoms with Gasteiger partial charge in [-0.05, 0) is 49.5 Å². The molecule has 0 unspecified atom stereocenters. The molecule has 4 nitrogen and oxygen atoms in total. The van der Waals surface area contributed by atoms with E-state index >= 15 is 0 Å². The monoisotopic (exact) mass is 402 g/mol. The molecule has 1 aromatic rings. The number of alkyl halides is 3. The van der Waals surface area contributed by atoms with Crippen LogP contribution in [0, 0.1) is 0 Å². The van der Waals surface area contributed by atoms with E-state index < -0.39 is 17.2 Å². The molecule has 27 heavy (non-hydrogen) atoms. The molecule has 2 N–H and O–H groups in total. The SMILES string of the molecule is FC(F)(F)c1cccc(C2(CNC(=S)NC[C@@H]3CCCO3)CCOCC2)c1. The van der Waals surface area contributed by atoms with Crippen LogP contribution in [0.3, 0.4) is 0 Å². The van der Waals surface area contributed by atoms with Gasteiger partial charge in [0.25, 0.3) is 0 Å². The van der Waals surface area contributed by atoms with Gasteiger partial charge in [-0.15, -0.1) is 0 Å². The highest BCUT2D eigenvalue weighted by atomic mass is 32.1. The first-order chi connectivity index (χ1) is 12.9. The molecule has 0 saturated carbocycles. The van der Waals surface area contributed by atoms with E-state index in [0.29, 0.717) is 49.8 Å². The van der Waals surface area contributed by atoms with Gasteiger partial charge in [0.05, 0.1) is 11.7 Å². The molecule has 0 aromatic heterocycles. The Morgan fingerprint density at radius 1 is 1.19 bits per heavy atom. The molecule has 150 valence electrons. The van der Waals surface area contributed by atoms with E-state index in [1.165, 1.54) is 12.1 Å². The van der Waals surface area contributed by atoms with Crippen molar-refractivity contribution >= 4 is 17.3 Å². The Bertz CT molecular complexity index is 642. The zero-order chi connectivity index (χ0) is 19.3. The molecule has 0 aliphatic carbocycles. The second-order valence-corrected chi connectivity index (χ2v) is 7.58. The minimum Gasteiger partial charge on any atom is -0.381 e. The molecule has 1 atom stereocenters. The maximum Gasteiger partial charge on any atom is 0.416 e. The maximum absolute atomic E-state index is 13.1. The van der Waals surface area contributed by atoms with Crippen LogP contribution in [0.4, 0.5) is 13.2 Å². The summed E-state index contributed by atoms with van der Waals surface area (Å²) in [6.07, 6.45) is -0.809. The van der Waals surface area contributed by atoms with Crippen LogP contribution in [0.25, 0.3) is 0 Å². The molecular weight excluding hydrogens is 377 g/mol. The van der Waals surface area contributed by atoms with Crippen molar-refractivity contribution in [3.8, 4) is 0 Å². The molecule has 2 fully saturated rings. The molecule has 3 rings (SSSR count). The second kappa shape index (κ2) is 8.75. The lowest BCUT2D eigenvalue weighted by Crippen LogP contribution is -2.48. The van der Waals surface area contributed by atoms with Crippen molar-refractivity contribution in [1.29, 1.82) is 0 Å². The molecule has 0 bridgehead atoms. The van der Waals surface area contributed by atoms with Gasteiger partial charge in [-0.25, -0.2) is 0 Å². The van der Waals surface area contributed by atoms with Crippen molar-refractivity contribution in [3.05, 3.63) is 35.4 Å². The van der Waals surface area contributed by atoms with Crippen LogP contribution in [0.2, 0.25) is 0 Å². The van der Waals surface area contributed by atoms with Gasteiger partial charge in [-0.1, -0.05) is 18.2 Å². The van der Waals surface area contributed by atoms with E-state index in [-0.39, 0.29) is 6.10 Å². The Morgan fingerprint density at radius 2 is 1.96 bits per heavy atom. The second-order valence-electron chi connectivity index (χ2n) is 7.17. The molecule has 0 amide bonds. The van der Waals surface area contributed by atoms with Gasteiger partial charge in [0.15, 0.2) is 5.11 Å². The Kier molecular flexibility index (Phi) is 6.60. The van der Waals surface area contributed by atoms with Gasteiger partial charge in [-0.2, -0.15) is 13.2 Å². The molecular formula is C19H25F3N2O2S. The lowest BCUT2D eigenvalue weighted by molar-refractivity contribution is -0.137. The normalized spacial score (nSPS) is 22.4. The van der Waals surface area contributed by atoms with Crippen LogP contribution in [0.5, 0.6) is 0 Å².